The molecule has 3 rings (SSSR count). The van der Waals surface area contributed by atoms with Gasteiger partial charge in [0.15, 0.2) is 5.82 Å². The monoisotopic (exact) mass is 282 g/mol. The van der Waals surface area contributed by atoms with Crippen molar-refractivity contribution in [3.05, 3.63) is 65.2 Å². The first kappa shape index (κ1) is 12.7. The van der Waals surface area contributed by atoms with Gasteiger partial charge < -0.3 is 10.3 Å². The van der Waals surface area contributed by atoms with Crippen LogP contribution in [0, 0.1) is 0 Å². The van der Waals surface area contributed by atoms with Crippen LogP contribution in [0.1, 0.15) is 10.5 Å². The molecule has 8 heteroatoms. The van der Waals surface area contributed by atoms with Gasteiger partial charge in [0.05, 0.1) is 5.69 Å². The molecule has 104 valence electrons. The van der Waals surface area contributed by atoms with Crippen molar-refractivity contribution in [1.82, 2.24) is 24.7 Å². The van der Waals surface area contributed by atoms with Gasteiger partial charge in [-0.3, -0.25) is 9.59 Å². The fourth-order valence-electron chi connectivity index (χ4n) is 1.76. The van der Waals surface area contributed by atoms with Crippen LogP contribution in [0.3, 0.4) is 0 Å². The first-order valence-electron chi connectivity index (χ1n) is 6.05. The van der Waals surface area contributed by atoms with Crippen LogP contribution in [0.25, 0.3) is 5.82 Å². The van der Waals surface area contributed by atoms with E-state index in [1.165, 1.54) is 35.5 Å². The fourth-order valence-corrected chi connectivity index (χ4v) is 1.76. The Morgan fingerprint density at radius 2 is 2.14 bits per heavy atom. The van der Waals surface area contributed by atoms with E-state index in [1.807, 2.05) is 0 Å². The van der Waals surface area contributed by atoms with Crippen LogP contribution in [0.2, 0.25) is 0 Å². The maximum absolute atomic E-state index is 12.1. The third-order valence-corrected chi connectivity index (χ3v) is 2.68. The lowest BCUT2D eigenvalue weighted by atomic mass is 10.3. The van der Waals surface area contributed by atoms with E-state index >= 15 is 0 Å². The second-order valence-electron chi connectivity index (χ2n) is 4.10. The lowest BCUT2D eigenvalue weighted by Crippen LogP contribution is -2.19. The molecule has 1 amide bonds. The number of pyridine rings is 2. The van der Waals surface area contributed by atoms with Crippen LogP contribution in [0.15, 0.2) is 54.0 Å². The number of nitrogens with one attached hydrogen (secondary N) is 2. The van der Waals surface area contributed by atoms with E-state index in [-0.39, 0.29) is 11.3 Å². The number of H-pyrrole nitrogens is 1. The normalized spacial score (nSPS) is 10.3. The number of amides is 1. The van der Waals surface area contributed by atoms with Crippen molar-refractivity contribution >= 4 is 11.6 Å². The highest BCUT2D eigenvalue weighted by Gasteiger charge is 2.11. The summed E-state index contributed by atoms with van der Waals surface area (Å²) >= 11 is 0. The molecule has 2 N–H and O–H groups in total. The second-order valence-corrected chi connectivity index (χ2v) is 4.10. The van der Waals surface area contributed by atoms with Crippen molar-refractivity contribution in [2.75, 3.05) is 5.32 Å². The van der Waals surface area contributed by atoms with Crippen LogP contribution >= 0.6 is 0 Å². The zero-order valence-electron chi connectivity index (χ0n) is 10.7. The average Bonchev–Trinajstić information content (AvgIpc) is 3.02. The molecule has 8 nitrogen and oxygen atoms in total. The number of aromatic amines is 1. The van der Waals surface area contributed by atoms with Gasteiger partial charge in [-0.2, -0.15) is 5.10 Å². The van der Waals surface area contributed by atoms with E-state index < -0.39 is 5.91 Å². The van der Waals surface area contributed by atoms with Crippen LogP contribution in [0.5, 0.6) is 0 Å². The second kappa shape index (κ2) is 5.37. The predicted octanol–water partition coefficient (Wildman–Crippen LogP) is 0.603. The Morgan fingerprint density at radius 3 is 2.90 bits per heavy atom. The Morgan fingerprint density at radius 1 is 1.24 bits per heavy atom. The Labute approximate surface area is 118 Å². The number of hydrogen-bond donors (Lipinski definition) is 2. The molecule has 0 radical (unpaired) electrons. The first-order chi connectivity index (χ1) is 10.2. The number of nitrogens with zero attached hydrogens (tertiary/aromatic N) is 4. The highest BCUT2D eigenvalue weighted by atomic mass is 16.2. The zero-order chi connectivity index (χ0) is 14.7. The van der Waals surface area contributed by atoms with Crippen molar-refractivity contribution < 1.29 is 4.79 Å². The Kier molecular flexibility index (Phi) is 3.26. The van der Waals surface area contributed by atoms with Crippen LogP contribution in [0.4, 0.5) is 5.69 Å². The lowest BCUT2D eigenvalue weighted by Gasteiger charge is -2.09. The Hall–Kier alpha value is -3.29. The van der Waals surface area contributed by atoms with Crippen LogP contribution in [-0.2, 0) is 0 Å². The van der Waals surface area contributed by atoms with E-state index in [2.05, 4.69) is 25.4 Å². The van der Waals surface area contributed by atoms with Crippen molar-refractivity contribution in [3.63, 3.8) is 0 Å². The average molecular weight is 282 g/mol. The maximum Gasteiger partial charge on any atom is 0.272 e. The molecule has 0 aliphatic heterocycles. The highest BCUT2D eigenvalue weighted by molar-refractivity contribution is 6.03. The summed E-state index contributed by atoms with van der Waals surface area (Å²) in [7, 11) is 0. The van der Waals surface area contributed by atoms with E-state index in [9.17, 15) is 9.59 Å². The van der Waals surface area contributed by atoms with E-state index in [4.69, 9.17) is 0 Å². The molecule has 0 saturated heterocycles. The minimum Gasteiger partial charge on any atom is -0.318 e. The van der Waals surface area contributed by atoms with Gasteiger partial charge in [-0.25, -0.2) is 14.6 Å². The molecular formula is C13H10N6O2. The summed E-state index contributed by atoms with van der Waals surface area (Å²) in [4.78, 5) is 33.8. The third-order valence-electron chi connectivity index (χ3n) is 2.68. The molecule has 0 bridgehead atoms. The zero-order valence-corrected chi connectivity index (χ0v) is 10.7. The summed E-state index contributed by atoms with van der Waals surface area (Å²) in [6.07, 6.45) is 4.43. The number of hydrogen-bond acceptors (Lipinski definition) is 5. The molecule has 3 aromatic heterocycles. The number of carbonyl (C=O) groups is 1. The van der Waals surface area contributed by atoms with Crippen molar-refractivity contribution in [1.29, 1.82) is 0 Å². The van der Waals surface area contributed by atoms with Crippen LogP contribution < -0.4 is 10.9 Å². The SMILES string of the molecule is O=C(Nc1cccnc1-n1cncn1)c1cccc(=O)[nH]1. The summed E-state index contributed by atoms with van der Waals surface area (Å²) in [5.41, 5.74) is 0.277. The van der Waals surface area contributed by atoms with E-state index in [1.54, 1.807) is 18.3 Å². The molecule has 0 aliphatic rings. The van der Waals surface area contributed by atoms with Gasteiger partial charge in [-0.05, 0) is 18.2 Å². The molecule has 0 unspecified atom stereocenters. The minimum absolute atomic E-state index is 0.163. The smallest absolute Gasteiger partial charge is 0.272 e. The topological polar surface area (TPSA) is 106 Å². The summed E-state index contributed by atoms with van der Waals surface area (Å²) in [6.45, 7) is 0. The summed E-state index contributed by atoms with van der Waals surface area (Å²) in [6, 6.07) is 7.73. The maximum atomic E-state index is 12.1. The Bertz CT molecular complexity index is 824. The molecular weight excluding hydrogens is 272 g/mol. The molecule has 0 saturated carbocycles. The van der Waals surface area contributed by atoms with Crippen LogP contribution in [-0.4, -0.2) is 30.6 Å². The van der Waals surface area contributed by atoms with Gasteiger partial charge in [-0.1, -0.05) is 6.07 Å². The van der Waals surface area contributed by atoms with Gasteiger partial charge in [-0.15, -0.1) is 0 Å². The van der Waals surface area contributed by atoms with Gasteiger partial charge in [0, 0.05) is 12.3 Å². The summed E-state index contributed by atoms with van der Waals surface area (Å²) < 4.78 is 1.43. The minimum atomic E-state index is -0.443. The molecule has 0 aromatic carbocycles. The Balaban J connectivity index is 1.92. The molecule has 0 aliphatic carbocycles. The number of rotatable bonds is 3. The summed E-state index contributed by atoms with van der Waals surface area (Å²) in [5.74, 6) is -0.0105. The molecule has 0 atom stereocenters. The largest absolute Gasteiger partial charge is 0.318 e. The van der Waals surface area contributed by atoms with Gasteiger partial charge >= 0.3 is 0 Å². The lowest BCUT2D eigenvalue weighted by molar-refractivity contribution is 0.102. The molecule has 3 heterocycles. The van der Waals surface area contributed by atoms with Crippen molar-refractivity contribution in [2.45, 2.75) is 0 Å². The van der Waals surface area contributed by atoms with Gasteiger partial charge in [0.1, 0.15) is 18.3 Å². The van der Waals surface area contributed by atoms with Crippen molar-refractivity contribution in [2.24, 2.45) is 0 Å². The number of aromatic nitrogens is 5. The highest BCUT2D eigenvalue weighted by Crippen LogP contribution is 2.16. The molecule has 0 spiro atoms. The van der Waals surface area contributed by atoms with E-state index in [0.29, 0.717) is 11.5 Å². The van der Waals surface area contributed by atoms with Gasteiger partial charge in [0.2, 0.25) is 5.56 Å². The molecule has 21 heavy (non-hydrogen) atoms. The standard InChI is InChI=1S/C13H10N6O2/c20-11-5-1-3-10(17-11)13(21)18-9-4-2-6-15-12(9)19-8-14-7-16-19/h1-8H,(H,17,20)(H,18,21). The fraction of sp³-hybridized carbons (Fsp3) is 0. The molecule has 0 fully saturated rings. The first-order valence-corrected chi connectivity index (χ1v) is 6.05. The van der Waals surface area contributed by atoms with Crippen molar-refractivity contribution in [3.8, 4) is 5.82 Å². The van der Waals surface area contributed by atoms with Gasteiger partial charge in [0.25, 0.3) is 5.91 Å². The quantitative estimate of drug-likeness (QED) is 0.732. The molecule has 3 aromatic rings. The predicted molar refractivity (Wildman–Crippen MR) is 74.2 cm³/mol. The number of carbonyl (C=O) groups excluding carboxylic acids is 1. The summed E-state index contributed by atoms with van der Waals surface area (Å²) in [5, 5.41) is 6.66. The number of anilines is 1. The third kappa shape index (κ3) is 2.68. The van der Waals surface area contributed by atoms with E-state index in [0.717, 1.165) is 0 Å².